The summed E-state index contributed by atoms with van der Waals surface area (Å²) < 4.78 is 49.8. The molecule has 0 aliphatic carbocycles. The van der Waals surface area contributed by atoms with E-state index in [-0.39, 0.29) is 21.7 Å². The molecule has 180 valence electrons. The first-order chi connectivity index (χ1) is 16.9. The van der Waals surface area contributed by atoms with Crippen LogP contribution in [0.1, 0.15) is 6.92 Å². The normalized spacial score (nSPS) is 12.9. The molecule has 1 aliphatic heterocycles. The highest BCUT2D eigenvalue weighted by Gasteiger charge is 2.30. The summed E-state index contributed by atoms with van der Waals surface area (Å²) in [7, 11) is -4.09. The summed E-state index contributed by atoms with van der Waals surface area (Å²) in [6.07, 6.45) is 0. The number of hydrogen-bond donors (Lipinski definition) is 1. The Morgan fingerprint density at radius 1 is 0.971 bits per heavy atom. The Morgan fingerprint density at radius 2 is 1.69 bits per heavy atom. The molecule has 3 aromatic carbocycles. The molecule has 2 heterocycles. The zero-order valence-corrected chi connectivity index (χ0v) is 20.2. The first-order valence-corrected chi connectivity index (χ1v) is 12.7. The standard InChI is InChI=1S/C25H21ClN2O6S/c1-2-31-19-9-7-18(8-10-19)27-24-25(28-23(34-24)16-3-5-17(26)6-4-16)35(29,30)20-11-12-21-22(15-20)33-14-13-32-21/h3-12,15,27H,2,13-14H2,1H3. The van der Waals surface area contributed by atoms with Crippen molar-refractivity contribution in [1.82, 2.24) is 4.98 Å². The molecule has 8 nitrogen and oxygen atoms in total. The van der Waals surface area contributed by atoms with Gasteiger partial charge in [-0.2, -0.15) is 4.98 Å². The fourth-order valence-corrected chi connectivity index (χ4v) is 4.92. The second-order valence-electron chi connectivity index (χ2n) is 7.55. The predicted molar refractivity (Wildman–Crippen MR) is 131 cm³/mol. The van der Waals surface area contributed by atoms with Crippen LogP contribution in [0.15, 0.2) is 81.1 Å². The van der Waals surface area contributed by atoms with E-state index in [1.54, 1.807) is 54.6 Å². The third-order valence-corrected chi connectivity index (χ3v) is 7.10. The van der Waals surface area contributed by atoms with Crippen molar-refractivity contribution in [3.05, 3.63) is 71.8 Å². The van der Waals surface area contributed by atoms with Gasteiger partial charge >= 0.3 is 0 Å². The second-order valence-corrected chi connectivity index (χ2v) is 9.85. The van der Waals surface area contributed by atoms with Crippen LogP contribution in [0.5, 0.6) is 17.2 Å². The minimum atomic E-state index is -4.09. The van der Waals surface area contributed by atoms with Gasteiger partial charge in [0.15, 0.2) is 11.5 Å². The molecule has 0 saturated heterocycles. The molecule has 0 unspecified atom stereocenters. The van der Waals surface area contributed by atoms with Gasteiger partial charge in [0.1, 0.15) is 19.0 Å². The van der Waals surface area contributed by atoms with Crippen LogP contribution < -0.4 is 19.5 Å². The highest BCUT2D eigenvalue weighted by molar-refractivity contribution is 7.91. The largest absolute Gasteiger partial charge is 0.494 e. The average Bonchev–Trinajstić information content (AvgIpc) is 3.30. The summed E-state index contributed by atoms with van der Waals surface area (Å²) >= 11 is 6.00. The van der Waals surface area contributed by atoms with Crippen LogP contribution in [0.4, 0.5) is 11.6 Å². The van der Waals surface area contributed by atoms with Crippen LogP contribution in [0.2, 0.25) is 5.02 Å². The summed E-state index contributed by atoms with van der Waals surface area (Å²) in [6, 6.07) is 18.3. The molecule has 4 aromatic rings. The number of anilines is 2. The molecule has 0 fully saturated rings. The van der Waals surface area contributed by atoms with Crippen LogP contribution in [-0.4, -0.2) is 33.2 Å². The summed E-state index contributed by atoms with van der Waals surface area (Å²) in [5, 5.41) is 3.32. The number of benzene rings is 3. The average molecular weight is 513 g/mol. The fraction of sp³-hybridized carbons (Fsp3) is 0.160. The maximum atomic E-state index is 13.7. The number of aromatic nitrogens is 1. The van der Waals surface area contributed by atoms with Gasteiger partial charge in [-0.15, -0.1) is 0 Å². The zero-order valence-electron chi connectivity index (χ0n) is 18.7. The molecule has 5 rings (SSSR count). The van der Waals surface area contributed by atoms with Crippen LogP contribution in [0.3, 0.4) is 0 Å². The van der Waals surface area contributed by atoms with Crippen molar-refractivity contribution in [2.24, 2.45) is 0 Å². The second kappa shape index (κ2) is 9.52. The SMILES string of the molecule is CCOc1ccc(Nc2oc(-c3ccc(Cl)cc3)nc2S(=O)(=O)c2ccc3c(c2)OCCO3)cc1. The smallest absolute Gasteiger partial charge is 0.238 e. The van der Waals surface area contributed by atoms with Crippen LogP contribution in [0, 0.1) is 0 Å². The minimum absolute atomic E-state index is 0.00690. The summed E-state index contributed by atoms with van der Waals surface area (Å²) in [4.78, 5) is 4.36. The number of sulfone groups is 1. The van der Waals surface area contributed by atoms with E-state index in [0.29, 0.717) is 53.3 Å². The number of nitrogens with one attached hydrogen (secondary N) is 1. The Hall–Kier alpha value is -3.69. The molecule has 0 atom stereocenters. The molecule has 10 heteroatoms. The lowest BCUT2D eigenvalue weighted by molar-refractivity contribution is 0.171. The van der Waals surface area contributed by atoms with Gasteiger partial charge < -0.3 is 23.9 Å². The number of hydrogen-bond acceptors (Lipinski definition) is 8. The third-order valence-electron chi connectivity index (χ3n) is 5.19. The molecular formula is C25H21ClN2O6S. The molecule has 0 saturated carbocycles. The molecule has 1 N–H and O–H groups in total. The van der Waals surface area contributed by atoms with Crippen molar-refractivity contribution in [1.29, 1.82) is 0 Å². The molecule has 0 radical (unpaired) electrons. The van der Waals surface area contributed by atoms with Gasteiger partial charge in [-0.05, 0) is 67.6 Å². The lowest BCUT2D eigenvalue weighted by atomic mass is 10.2. The van der Waals surface area contributed by atoms with E-state index in [1.807, 2.05) is 6.92 Å². The molecule has 0 spiro atoms. The minimum Gasteiger partial charge on any atom is -0.494 e. The highest BCUT2D eigenvalue weighted by atomic mass is 35.5. The van der Waals surface area contributed by atoms with E-state index >= 15 is 0 Å². The van der Waals surface area contributed by atoms with Gasteiger partial charge in [-0.1, -0.05) is 11.6 Å². The topological polar surface area (TPSA) is 99.9 Å². The Labute approximate surface area is 207 Å². The van der Waals surface area contributed by atoms with Gasteiger partial charge in [0.2, 0.25) is 26.6 Å². The van der Waals surface area contributed by atoms with Gasteiger partial charge in [0.05, 0.1) is 11.5 Å². The Bertz CT molecular complexity index is 1450. The molecule has 1 aliphatic rings. The van der Waals surface area contributed by atoms with Crippen molar-refractivity contribution in [2.75, 3.05) is 25.1 Å². The van der Waals surface area contributed by atoms with Crippen molar-refractivity contribution in [3.8, 4) is 28.7 Å². The van der Waals surface area contributed by atoms with Crippen LogP contribution in [0.25, 0.3) is 11.5 Å². The highest BCUT2D eigenvalue weighted by Crippen LogP contribution is 2.38. The van der Waals surface area contributed by atoms with Crippen LogP contribution in [-0.2, 0) is 9.84 Å². The zero-order chi connectivity index (χ0) is 24.4. The van der Waals surface area contributed by atoms with Gasteiger partial charge in [-0.25, -0.2) is 8.42 Å². The first kappa shape index (κ1) is 23.1. The van der Waals surface area contributed by atoms with Gasteiger partial charge in [-0.3, -0.25) is 0 Å². The number of halogens is 1. The van der Waals surface area contributed by atoms with Crippen molar-refractivity contribution >= 4 is 33.0 Å². The van der Waals surface area contributed by atoms with Crippen molar-refractivity contribution in [3.63, 3.8) is 0 Å². The monoisotopic (exact) mass is 512 g/mol. The molecule has 0 amide bonds. The van der Waals surface area contributed by atoms with Crippen molar-refractivity contribution in [2.45, 2.75) is 16.8 Å². The van der Waals surface area contributed by atoms with Crippen LogP contribution >= 0.6 is 11.6 Å². The predicted octanol–water partition coefficient (Wildman–Crippen LogP) is 5.74. The lowest BCUT2D eigenvalue weighted by Gasteiger charge is -2.18. The fourth-order valence-electron chi connectivity index (χ4n) is 3.52. The Balaban J connectivity index is 1.57. The van der Waals surface area contributed by atoms with E-state index in [4.69, 9.17) is 30.2 Å². The van der Waals surface area contributed by atoms with E-state index in [2.05, 4.69) is 10.3 Å². The third kappa shape index (κ3) is 4.78. The number of rotatable bonds is 7. The quantitative estimate of drug-likeness (QED) is 0.334. The Kier molecular flexibility index (Phi) is 6.27. The Morgan fingerprint density at radius 3 is 2.40 bits per heavy atom. The summed E-state index contributed by atoms with van der Waals surface area (Å²) in [5.41, 5.74) is 1.18. The molecule has 35 heavy (non-hydrogen) atoms. The molecular weight excluding hydrogens is 492 g/mol. The maximum absolute atomic E-state index is 13.7. The van der Waals surface area contributed by atoms with E-state index < -0.39 is 9.84 Å². The summed E-state index contributed by atoms with van der Waals surface area (Å²) in [5.74, 6) is 1.66. The number of oxazole rings is 1. The number of nitrogens with zero attached hydrogens (tertiary/aromatic N) is 1. The number of fused-ring (bicyclic) bond motifs is 1. The van der Waals surface area contributed by atoms with Gasteiger partial charge in [0.25, 0.3) is 0 Å². The molecule has 1 aromatic heterocycles. The van der Waals surface area contributed by atoms with Crippen molar-refractivity contribution < 1.29 is 27.0 Å². The first-order valence-electron chi connectivity index (χ1n) is 10.9. The van der Waals surface area contributed by atoms with E-state index in [0.717, 1.165) is 0 Å². The lowest BCUT2D eigenvalue weighted by Crippen LogP contribution is -2.16. The summed E-state index contributed by atoms with van der Waals surface area (Å²) in [6.45, 7) is 3.18. The maximum Gasteiger partial charge on any atom is 0.238 e. The van der Waals surface area contributed by atoms with E-state index in [1.165, 1.54) is 12.1 Å². The molecule has 0 bridgehead atoms. The number of ether oxygens (including phenoxy) is 3. The van der Waals surface area contributed by atoms with E-state index in [9.17, 15) is 8.42 Å². The van der Waals surface area contributed by atoms with Gasteiger partial charge in [0, 0.05) is 22.3 Å².